The highest BCUT2D eigenvalue weighted by atomic mass is 79.9. The Hall–Kier alpha value is -1.08. The van der Waals surface area contributed by atoms with Crippen LogP contribution in [-0.2, 0) is 16.0 Å². The fourth-order valence-electron chi connectivity index (χ4n) is 1.34. The smallest absolute Gasteiger partial charge is 0.408 e. The van der Waals surface area contributed by atoms with Gasteiger partial charge in [-0.2, -0.15) is 0 Å². The highest BCUT2D eigenvalue weighted by molar-refractivity contribution is 9.11. The molecule has 0 bridgehead atoms. The number of halogens is 1. The first-order chi connectivity index (χ1) is 10.4. The quantitative estimate of drug-likeness (QED) is 0.789. The van der Waals surface area contributed by atoms with Gasteiger partial charge in [0.1, 0.15) is 11.6 Å². The van der Waals surface area contributed by atoms with Crippen LogP contribution in [0.3, 0.4) is 0 Å². The maximum Gasteiger partial charge on any atom is 0.408 e. The van der Waals surface area contributed by atoms with Crippen molar-refractivity contribution >= 4 is 39.3 Å². The lowest BCUT2D eigenvalue weighted by Crippen LogP contribution is -2.47. The Morgan fingerprint density at radius 2 is 1.83 bits per heavy atom. The summed E-state index contributed by atoms with van der Waals surface area (Å²) >= 11 is 4.83. The third-order valence-electron chi connectivity index (χ3n) is 2.07. The number of carbonyl (C=O) groups is 2. The zero-order valence-electron chi connectivity index (χ0n) is 14.6. The number of thiophene rings is 1. The van der Waals surface area contributed by atoms with Crippen LogP contribution in [0.15, 0.2) is 15.9 Å². The molecular formula is C16H27BrN2O3S. The van der Waals surface area contributed by atoms with Crippen LogP contribution in [0.25, 0.3) is 0 Å². The number of hydrogen-bond acceptors (Lipinski definition) is 4. The van der Waals surface area contributed by atoms with Crippen molar-refractivity contribution in [1.29, 1.82) is 0 Å². The number of nitrogens with two attached hydrogens (primary N) is 1. The summed E-state index contributed by atoms with van der Waals surface area (Å²) in [6, 6.07) is 2.98. The Morgan fingerprint density at radius 3 is 2.17 bits per heavy atom. The number of amides is 2. The van der Waals surface area contributed by atoms with Crippen molar-refractivity contribution in [3.63, 3.8) is 0 Å². The monoisotopic (exact) mass is 406 g/mol. The van der Waals surface area contributed by atoms with E-state index >= 15 is 0 Å². The standard InChI is InChI=1S/C12H17BrN2O3S.C4H10/c1-12(2,3)18-11(17)15-8(10(14)16)6-7-4-5-9(13)19-7;1-4(2)3/h4-5,8H,6H2,1-3H3,(H2,14,16)(H,15,17);4H,1-3H3/t8-;/m0./s1. The van der Waals surface area contributed by atoms with Crippen molar-refractivity contribution < 1.29 is 14.3 Å². The SMILES string of the molecule is CC(C)(C)OC(=O)N[C@@H](Cc1ccc(Br)s1)C(N)=O.CC(C)C. The van der Waals surface area contributed by atoms with E-state index in [4.69, 9.17) is 10.5 Å². The molecule has 0 aliphatic rings. The molecule has 5 nitrogen and oxygen atoms in total. The van der Waals surface area contributed by atoms with E-state index in [1.807, 2.05) is 12.1 Å². The maximum absolute atomic E-state index is 11.6. The molecule has 1 aromatic rings. The summed E-state index contributed by atoms with van der Waals surface area (Å²) < 4.78 is 6.06. The molecule has 0 aliphatic carbocycles. The van der Waals surface area contributed by atoms with E-state index in [1.54, 1.807) is 20.8 Å². The van der Waals surface area contributed by atoms with Gasteiger partial charge in [-0.3, -0.25) is 4.79 Å². The van der Waals surface area contributed by atoms with Gasteiger partial charge in [-0.25, -0.2) is 4.79 Å². The topological polar surface area (TPSA) is 81.4 Å². The molecule has 0 radical (unpaired) electrons. The van der Waals surface area contributed by atoms with E-state index in [0.29, 0.717) is 6.42 Å². The van der Waals surface area contributed by atoms with Crippen molar-refractivity contribution in [2.75, 3.05) is 0 Å². The Labute approximate surface area is 151 Å². The third-order valence-corrected chi connectivity index (χ3v) is 3.71. The molecular weight excluding hydrogens is 380 g/mol. The fraction of sp³-hybridized carbons (Fsp3) is 0.625. The van der Waals surface area contributed by atoms with Gasteiger partial charge in [0.2, 0.25) is 5.91 Å². The molecule has 1 heterocycles. The molecule has 23 heavy (non-hydrogen) atoms. The molecule has 0 aliphatic heterocycles. The van der Waals surface area contributed by atoms with Crippen LogP contribution >= 0.6 is 27.3 Å². The number of hydrogen-bond donors (Lipinski definition) is 2. The summed E-state index contributed by atoms with van der Waals surface area (Å²) in [5.74, 6) is 0.246. The van der Waals surface area contributed by atoms with Crippen molar-refractivity contribution in [1.82, 2.24) is 5.32 Å². The maximum atomic E-state index is 11.6. The van der Waals surface area contributed by atoms with E-state index in [2.05, 4.69) is 42.0 Å². The van der Waals surface area contributed by atoms with Gasteiger partial charge in [-0.15, -0.1) is 11.3 Å². The van der Waals surface area contributed by atoms with E-state index in [9.17, 15) is 9.59 Å². The second-order valence-electron chi connectivity index (χ2n) is 6.74. The second-order valence-corrected chi connectivity index (χ2v) is 9.29. The van der Waals surface area contributed by atoms with Crippen LogP contribution < -0.4 is 11.1 Å². The van der Waals surface area contributed by atoms with Crippen molar-refractivity contribution in [2.45, 2.75) is 59.6 Å². The zero-order valence-corrected chi connectivity index (χ0v) is 17.0. The highest BCUT2D eigenvalue weighted by Gasteiger charge is 2.23. The predicted octanol–water partition coefficient (Wildman–Crippen LogP) is 4.09. The van der Waals surface area contributed by atoms with Crippen LogP contribution in [-0.4, -0.2) is 23.6 Å². The number of nitrogens with one attached hydrogen (secondary N) is 1. The van der Waals surface area contributed by atoms with E-state index < -0.39 is 23.6 Å². The molecule has 0 saturated carbocycles. The lowest BCUT2D eigenvalue weighted by Gasteiger charge is -2.22. The molecule has 1 atom stereocenters. The lowest BCUT2D eigenvalue weighted by molar-refractivity contribution is -0.120. The van der Waals surface area contributed by atoms with E-state index in [1.165, 1.54) is 11.3 Å². The van der Waals surface area contributed by atoms with Crippen molar-refractivity contribution in [2.24, 2.45) is 11.7 Å². The largest absolute Gasteiger partial charge is 0.444 e. The Kier molecular flexibility index (Phi) is 9.46. The second kappa shape index (κ2) is 9.93. The van der Waals surface area contributed by atoms with Gasteiger partial charge in [-0.1, -0.05) is 20.8 Å². The van der Waals surface area contributed by atoms with Gasteiger partial charge in [0.25, 0.3) is 0 Å². The van der Waals surface area contributed by atoms with Gasteiger partial charge in [0, 0.05) is 11.3 Å². The van der Waals surface area contributed by atoms with Gasteiger partial charge in [0.15, 0.2) is 0 Å². The minimum Gasteiger partial charge on any atom is -0.444 e. The summed E-state index contributed by atoms with van der Waals surface area (Å²) in [7, 11) is 0. The number of carbonyl (C=O) groups excluding carboxylic acids is 2. The van der Waals surface area contributed by atoms with Gasteiger partial charge >= 0.3 is 6.09 Å². The molecule has 0 spiro atoms. The van der Waals surface area contributed by atoms with Crippen molar-refractivity contribution in [3.05, 3.63) is 20.8 Å². The highest BCUT2D eigenvalue weighted by Crippen LogP contribution is 2.23. The lowest BCUT2D eigenvalue weighted by atomic mass is 10.1. The average molecular weight is 407 g/mol. The Bertz CT molecular complexity index is 507. The van der Waals surface area contributed by atoms with Crippen LogP contribution in [0.5, 0.6) is 0 Å². The number of alkyl carbamates (subject to hydrolysis) is 1. The molecule has 7 heteroatoms. The van der Waals surface area contributed by atoms with Gasteiger partial charge in [-0.05, 0) is 54.8 Å². The first-order valence-electron chi connectivity index (χ1n) is 7.43. The minimum atomic E-state index is -0.777. The van der Waals surface area contributed by atoms with Gasteiger partial charge < -0.3 is 15.8 Å². The molecule has 0 fully saturated rings. The molecule has 0 aromatic carbocycles. The summed E-state index contributed by atoms with van der Waals surface area (Å²) in [5, 5.41) is 2.49. The first-order valence-corrected chi connectivity index (χ1v) is 9.04. The first kappa shape index (κ1) is 21.9. The molecule has 132 valence electrons. The fourth-order valence-corrected chi connectivity index (χ4v) is 2.86. The Balaban J connectivity index is 0.00000108. The van der Waals surface area contributed by atoms with E-state index in [-0.39, 0.29) is 0 Å². The number of rotatable bonds is 4. The van der Waals surface area contributed by atoms with E-state index in [0.717, 1.165) is 14.6 Å². The molecule has 1 rings (SSSR count). The number of ether oxygens (including phenoxy) is 1. The van der Waals surface area contributed by atoms with Crippen LogP contribution in [0.4, 0.5) is 4.79 Å². The molecule has 1 aromatic heterocycles. The van der Waals surface area contributed by atoms with Crippen molar-refractivity contribution in [3.8, 4) is 0 Å². The molecule has 3 N–H and O–H groups in total. The normalized spacial score (nSPS) is 12.2. The van der Waals surface area contributed by atoms with Crippen LogP contribution in [0.2, 0.25) is 0 Å². The summed E-state index contributed by atoms with van der Waals surface area (Å²) in [6.07, 6.45) is -0.294. The molecule has 2 amide bonds. The number of primary amides is 1. The third kappa shape index (κ3) is 12.1. The molecule has 0 unspecified atom stereocenters. The predicted molar refractivity (Wildman–Crippen MR) is 98.6 cm³/mol. The zero-order chi connectivity index (χ0) is 18.2. The van der Waals surface area contributed by atoms with Crippen LogP contribution in [0, 0.1) is 5.92 Å². The van der Waals surface area contributed by atoms with Crippen LogP contribution in [0.1, 0.15) is 46.4 Å². The summed E-state index contributed by atoms with van der Waals surface area (Å²) in [5.41, 5.74) is 4.67. The Morgan fingerprint density at radius 1 is 1.30 bits per heavy atom. The molecule has 0 saturated heterocycles. The summed E-state index contributed by atoms with van der Waals surface area (Å²) in [6.45, 7) is 11.8. The minimum absolute atomic E-state index is 0.352. The summed E-state index contributed by atoms with van der Waals surface area (Å²) in [4.78, 5) is 23.9. The van der Waals surface area contributed by atoms with Gasteiger partial charge in [0.05, 0.1) is 3.79 Å². The average Bonchev–Trinajstić information content (AvgIpc) is 2.70.